The van der Waals surface area contributed by atoms with Crippen molar-refractivity contribution < 1.29 is 14.4 Å². The molecule has 1 saturated heterocycles. The monoisotopic (exact) mass is 511 g/mol. The van der Waals surface area contributed by atoms with Crippen LogP contribution >= 0.6 is 0 Å². The molecule has 3 N–H and O–H groups in total. The molecule has 1 fully saturated rings. The van der Waals surface area contributed by atoms with E-state index in [9.17, 15) is 14.4 Å². The molecule has 0 spiro atoms. The molecule has 0 aliphatic carbocycles. The number of piperazine rings is 1. The Morgan fingerprint density at radius 1 is 1.03 bits per heavy atom. The summed E-state index contributed by atoms with van der Waals surface area (Å²) in [5.41, 5.74) is 6.21. The van der Waals surface area contributed by atoms with Crippen LogP contribution in [0.3, 0.4) is 0 Å². The first-order chi connectivity index (χ1) is 18.2. The first-order valence-corrected chi connectivity index (χ1v) is 12.9. The van der Waals surface area contributed by atoms with Gasteiger partial charge in [-0.1, -0.05) is 30.3 Å². The summed E-state index contributed by atoms with van der Waals surface area (Å²) in [6, 6.07) is 14.8. The molecule has 5 rings (SSSR count). The Bertz CT molecular complexity index is 1430. The van der Waals surface area contributed by atoms with E-state index < -0.39 is 0 Å². The van der Waals surface area contributed by atoms with E-state index in [0.717, 1.165) is 29.9 Å². The highest BCUT2D eigenvalue weighted by atomic mass is 16.2. The molecule has 38 heavy (non-hydrogen) atoms. The smallest absolute Gasteiger partial charge is 0.256 e. The Morgan fingerprint density at radius 3 is 2.45 bits per heavy atom. The first kappa shape index (κ1) is 25.5. The molecule has 196 valence electrons. The van der Waals surface area contributed by atoms with Crippen molar-refractivity contribution in [3.05, 3.63) is 87.7 Å². The number of aromatic amines is 1. The number of carbonyl (C=O) groups excluding carboxylic acids is 3. The number of likely N-dealkylation sites (N-methyl/N-ethyl adjacent to an activating group) is 1. The predicted molar refractivity (Wildman–Crippen MR) is 149 cm³/mol. The second-order valence-corrected chi connectivity index (χ2v) is 10.1. The van der Waals surface area contributed by atoms with Gasteiger partial charge in [0.2, 0.25) is 0 Å². The topological polar surface area (TPSA) is 97.5 Å². The Labute approximate surface area is 222 Å². The van der Waals surface area contributed by atoms with Gasteiger partial charge in [0.15, 0.2) is 0 Å². The molecule has 2 aromatic carbocycles. The molecule has 0 bridgehead atoms. The van der Waals surface area contributed by atoms with E-state index >= 15 is 0 Å². The number of anilines is 1. The van der Waals surface area contributed by atoms with E-state index in [0.29, 0.717) is 46.7 Å². The molecule has 1 aromatic heterocycles. The van der Waals surface area contributed by atoms with Crippen molar-refractivity contribution in [2.45, 2.75) is 26.8 Å². The van der Waals surface area contributed by atoms with Gasteiger partial charge in [-0.2, -0.15) is 0 Å². The molecule has 1 atom stereocenters. The highest BCUT2D eigenvalue weighted by Gasteiger charge is 2.28. The fraction of sp³-hybridized carbons (Fsp3) is 0.300. The summed E-state index contributed by atoms with van der Waals surface area (Å²) in [6.07, 6.45) is 1.78. The molecule has 0 radical (unpaired) electrons. The zero-order valence-electron chi connectivity index (χ0n) is 22.2. The summed E-state index contributed by atoms with van der Waals surface area (Å²) in [6.45, 7) is 8.82. The summed E-state index contributed by atoms with van der Waals surface area (Å²) < 4.78 is 0. The quantitative estimate of drug-likeness (QED) is 0.451. The average Bonchev–Trinajstić information content (AvgIpc) is 3.38. The maximum atomic E-state index is 13.3. The van der Waals surface area contributed by atoms with Crippen LogP contribution in [0.5, 0.6) is 0 Å². The summed E-state index contributed by atoms with van der Waals surface area (Å²) in [5.74, 6) is -0.444. The van der Waals surface area contributed by atoms with Crippen molar-refractivity contribution >= 4 is 35.1 Å². The average molecular weight is 512 g/mol. The summed E-state index contributed by atoms with van der Waals surface area (Å²) in [4.78, 5) is 46.7. The minimum Gasteiger partial charge on any atom is -0.358 e. The van der Waals surface area contributed by atoms with Crippen LogP contribution in [0.2, 0.25) is 0 Å². The van der Waals surface area contributed by atoms with Gasteiger partial charge in [-0.05, 0) is 63.2 Å². The molecule has 8 heteroatoms. The molecule has 0 unspecified atom stereocenters. The van der Waals surface area contributed by atoms with Gasteiger partial charge >= 0.3 is 0 Å². The fourth-order valence-electron chi connectivity index (χ4n) is 5.13. The molecule has 0 saturated carbocycles. The standard InChI is InChI=1S/C30H33N5O3/c1-18-26(31-20(3)27(18)30(38)35-14-12-34(4)13-15-35)17-24-23-16-22(10-11-25(23)33-29(24)37)28(36)32-19(2)21-8-6-5-7-9-21/h5-11,16-17,19,31H,12-15H2,1-4H3,(H,32,36)(H,33,37)/b24-17-/t19-/m1/s1. The molecule has 2 aliphatic heterocycles. The van der Waals surface area contributed by atoms with E-state index in [4.69, 9.17) is 0 Å². The van der Waals surface area contributed by atoms with Gasteiger partial charge in [0.05, 0.1) is 17.2 Å². The van der Waals surface area contributed by atoms with Crippen molar-refractivity contribution in [2.24, 2.45) is 0 Å². The van der Waals surface area contributed by atoms with Crippen molar-refractivity contribution in [1.82, 2.24) is 20.1 Å². The van der Waals surface area contributed by atoms with Crippen LogP contribution in [0, 0.1) is 13.8 Å². The number of aryl methyl sites for hydroxylation is 1. The Hall–Kier alpha value is -4.17. The molecule has 3 amide bonds. The summed E-state index contributed by atoms with van der Waals surface area (Å²) >= 11 is 0. The van der Waals surface area contributed by atoms with Gasteiger partial charge in [0, 0.05) is 54.4 Å². The third kappa shape index (κ3) is 4.87. The molecular weight excluding hydrogens is 478 g/mol. The van der Waals surface area contributed by atoms with Gasteiger partial charge in [0.25, 0.3) is 17.7 Å². The van der Waals surface area contributed by atoms with E-state index in [1.54, 1.807) is 24.3 Å². The number of nitrogens with one attached hydrogen (secondary N) is 3. The van der Waals surface area contributed by atoms with Crippen molar-refractivity contribution in [3.8, 4) is 0 Å². The SMILES string of the molecule is Cc1[nH]c(/C=C2\C(=O)Nc3ccc(C(=O)N[C@H](C)c4ccccc4)cc32)c(C)c1C(=O)N1CCN(C)CC1. The Balaban J connectivity index is 1.41. The maximum absolute atomic E-state index is 13.3. The van der Waals surface area contributed by atoms with Crippen molar-refractivity contribution in [1.29, 1.82) is 0 Å². The largest absolute Gasteiger partial charge is 0.358 e. The van der Waals surface area contributed by atoms with Crippen molar-refractivity contribution in [2.75, 3.05) is 38.5 Å². The molecule has 8 nitrogen and oxygen atoms in total. The molecular formula is C30H33N5O3. The third-order valence-corrected chi connectivity index (χ3v) is 7.48. The minimum atomic E-state index is -0.242. The number of amides is 3. The van der Waals surface area contributed by atoms with E-state index in [-0.39, 0.29) is 23.8 Å². The number of carbonyl (C=O) groups is 3. The second kappa shape index (κ2) is 10.3. The molecule has 3 aromatic rings. The number of aromatic nitrogens is 1. The number of fused-ring (bicyclic) bond motifs is 1. The summed E-state index contributed by atoms with van der Waals surface area (Å²) in [5, 5.41) is 5.92. The number of benzene rings is 2. The molecule has 2 aliphatic rings. The van der Waals surface area contributed by atoms with Crippen LogP contribution in [-0.4, -0.2) is 65.7 Å². The van der Waals surface area contributed by atoms with Crippen LogP contribution < -0.4 is 10.6 Å². The van der Waals surface area contributed by atoms with Crippen molar-refractivity contribution in [3.63, 3.8) is 0 Å². The number of nitrogens with zero attached hydrogens (tertiary/aromatic N) is 2. The fourth-order valence-corrected chi connectivity index (χ4v) is 5.13. The number of hydrogen-bond acceptors (Lipinski definition) is 4. The lowest BCUT2D eigenvalue weighted by atomic mass is 10.0. The Morgan fingerprint density at radius 2 is 1.74 bits per heavy atom. The minimum absolute atomic E-state index is 0.0109. The number of hydrogen-bond donors (Lipinski definition) is 3. The van der Waals surface area contributed by atoms with Gasteiger partial charge in [-0.3, -0.25) is 14.4 Å². The zero-order chi connectivity index (χ0) is 27.0. The van der Waals surface area contributed by atoms with E-state index in [2.05, 4.69) is 27.6 Å². The van der Waals surface area contributed by atoms with Crippen LogP contribution in [0.15, 0.2) is 48.5 Å². The van der Waals surface area contributed by atoms with Gasteiger partial charge in [-0.25, -0.2) is 0 Å². The number of rotatable bonds is 5. The lowest BCUT2D eigenvalue weighted by Crippen LogP contribution is -2.47. The van der Waals surface area contributed by atoms with E-state index in [1.165, 1.54) is 0 Å². The summed E-state index contributed by atoms with van der Waals surface area (Å²) in [7, 11) is 2.06. The van der Waals surface area contributed by atoms with E-state index in [1.807, 2.05) is 56.0 Å². The van der Waals surface area contributed by atoms with Gasteiger partial charge in [0.1, 0.15) is 0 Å². The van der Waals surface area contributed by atoms with Crippen LogP contribution in [-0.2, 0) is 4.79 Å². The maximum Gasteiger partial charge on any atom is 0.256 e. The lowest BCUT2D eigenvalue weighted by Gasteiger charge is -2.32. The normalized spacial score (nSPS) is 17.3. The van der Waals surface area contributed by atoms with Crippen LogP contribution in [0.4, 0.5) is 5.69 Å². The first-order valence-electron chi connectivity index (χ1n) is 12.9. The lowest BCUT2D eigenvalue weighted by molar-refractivity contribution is -0.110. The van der Waals surface area contributed by atoms with Crippen LogP contribution in [0.25, 0.3) is 11.6 Å². The number of H-pyrrole nitrogens is 1. The van der Waals surface area contributed by atoms with Gasteiger partial charge in [-0.15, -0.1) is 0 Å². The molecule has 3 heterocycles. The predicted octanol–water partition coefficient (Wildman–Crippen LogP) is 4.00. The second-order valence-electron chi connectivity index (χ2n) is 10.1. The highest BCUT2D eigenvalue weighted by Crippen LogP contribution is 2.35. The van der Waals surface area contributed by atoms with Gasteiger partial charge < -0.3 is 25.4 Å². The Kier molecular flexibility index (Phi) is 6.91. The zero-order valence-corrected chi connectivity index (χ0v) is 22.2. The highest BCUT2D eigenvalue weighted by molar-refractivity contribution is 6.35. The van der Waals surface area contributed by atoms with Crippen LogP contribution in [0.1, 0.15) is 61.8 Å². The third-order valence-electron chi connectivity index (χ3n) is 7.48.